The molecule has 8 heteroatoms. The van der Waals surface area contributed by atoms with Crippen molar-refractivity contribution in [2.45, 2.75) is 32.4 Å². The van der Waals surface area contributed by atoms with E-state index in [-0.39, 0.29) is 18.1 Å². The molecule has 2 heterocycles. The number of thioether (sulfide) groups is 1. The molecule has 1 aromatic rings. The standard InChI is InChI=1S/C14H25N5O2S/c1-10(14(20)15-5-4-8-22-3)19-6-7-21-12(9-19)13-16-11(2)17-18-13/h10,12H,4-9H2,1-3H3,(H,15,20)(H,16,17,18). The number of aryl methyl sites for hydroxylation is 1. The average molecular weight is 327 g/mol. The summed E-state index contributed by atoms with van der Waals surface area (Å²) in [6.07, 6.45) is 2.90. The van der Waals surface area contributed by atoms with Gasteiger partial charge >= 0.3 is 0 Å². The molecule has 1 saturated heterocycles. The van der Waals surface area contributed by atoms with Gasteiger partial charge in [-0.1, -0.05) is 0 Å². The minimum Gasteiger partial charge on any atom is -0.367 e. The van der Waals surface area contributed by atoms with Gasteiger partial charge in [-0.25, -0.2) is 4.98 Å². The van der Waals surface area contributed by atoms with Crippen LogP contribution in [0.15, 0.2) is 0 Å². The Balaban J connectivity index is 1.84. The summed E-state index contributed by atoms with van der Waals surface area (Å²) in [5.74, 6) is 2.58. The molecule has 7 nitrogen and oxygen atoms in total. The lowest BCUT2D eigenvalue weighted by Gasteiger charge is -2.35. The highest BCUT2D eigenvalue weighted by atomic mass is 32.2. The van der Waals surface area contributed by atoms with Crippen LogP contribution < -0.4 is 5.32 Å². The number of aromatic nitrogens is 3. The molecule has 22 heavy (non-hydrogen) atoms. The van der Waals surface area contributed by atoms with E-state index in [0.29, 0.717) is 19.0 Å². The van der Waals surface area contributed by atoms with Crippen molar-refractivity contribution in [3.05, 3.63) is 11.6 Å². The zero-order valence-corrected chi connectivity index (χ0v) is 14.3. The third-order valence-corrected chi connectivity index (χ3v) is 4.45. The van der Waals surface area contributed by atoms with Crippen LogP contribution in [0.4, 0.5) is 0 Å². The number of morpholine rings is 1. The second-order valence-electron chi connectivity index (χ2n) is 5.45. The van der Waals surface area contributed by atoms with Crippen LogP contribution in [0, 0.1) is 6.92 Å². The highest BCUT2D eigenvalue weighted by molar-refractivity contribution is 7.98. The van der Waals surface area contributed by atoms with Gasteiger partial charge in [0.15, 0.2) is 5.82 Å². The van der Waals surface area contributed by atoms with Crippen molar-refractivity contribution in [2.75, 3.05) is 38.2 Å². The van der Waals surface area contributed by atoms with Crippen molar-refractivity contribution in [1.82, 2.24) is 25.4 Å². The Morgan fingerprint density at radius 3 is 3.14 bits per heavy atom. The Bertz CT molecular complexity index is 482. The summed E-state index contributed by atoms with van der Waals surface area (Å²) in [5.41, 5.74) is 0. The highest BCUT2D eigenvalue weighted by Gasteiger charge is 2.30. The van der Waals surface area contributed by atoms with Crippen LogP contribution in [0.5, 0.6) is 0 Å². The van der Waals surface area contributed by atoms with Gasteiger partial charge in [0.25, 0.3) is 0 Å². The van der Waals surface area contributed by atoms with E-state index in [0.717, 1.165) is 31.1 Å². The summed E-state index contributed by atoms with van der Waals surface area (Å²) in [7, 11) is 0. The van der Waals surface area contributed by atoms with Gasteiger partial charge in [0.2, 0.25) is 5.91 Å². The first-order valence-corrected chi connectivity index (χ1v) is 9.02. The first kappa shape index (κ1) is 17.2. The van der Waals surface area contributed by atoms with Crippen molar-refractivity contribution in [2.24, 2.45) is 0 Å². The number of amides is 1. The number of nitrogens with one attached hydrogen (secondary N) is 2. The highest BCUT2D eigenvalue weighted by Crippen LogP contribution is 2.20. The van der Waals surface area contributed by atoms with E-state index in [1.165, 1.54) is 0 Å². The maximum absolute atomic E-state index is 12.2. The Hall–Kier alpha value is -1.12. The summed E-state index contributed by atoms with van der Waals surface area (Å²) < 4.78 is 5.73. The number of ether oxygens (including phenoxy) is 1. The van der Waals surface area contributed by atoms with Gasteiger partial charge in [0, 0.05) is 19.6 Å². The van der Waals surface area contributed by atoms with Gasteiger partial charge in [-0.2, -0.15) is 16.9 Å². The summed E-state index contributed by atoms with van der Waals surface area (Å²) in [6.45, 7) is 6.51. The zero-order chi connectivity index (χ0) is 15.9. The normalized spacial score (nSPS) is 20.8. The third-order valence-electron chi connectivity index (χ3n) is 3.75. The molecule has 1 amide bonds. The van der Waals surface area contributed by atoms with Crippen molar-refractivity contribution in [3.63, 3.8) is 0 Å². The largest absolute Gasteiger partial charge is 0.367 e. The van der Waals surface area contributed by atoms with Crippen LogP contribution in [0.25, 0.3) is 0 Å². The topological polar surface area (TPSA) is 83.1 Å². The van der Waals surface area contributed by atoms with Gasteiger partial charge < -0.3 is 10.1 Å². The maximum atomic E-state index is 12.2. The zero-order valence-electron chi connectivity index (χ0n) is 13.5. The first-order chi connectivity index (χ1) is 10.6. The molecule has 0 aromatic carbocycles. The molecule has 0 bridgehead atoms. The van der Waals surface area contributed by atoms with Crippen molar-refractivity contribution >= 4 is 17.7 Å². The van der Waals surface area contributed by atoms with Gasteiger partial charge in [-0.05, 0) is 32.3 Å². The monoisotopic (exact) mass is 327 g/mol. The quantitative estimate of drug-likeness (QED) is 0.719. The van der Waals surface area contributed by atoms with Gasteiger partial charge in [-0.3, -0.25) is 14.8 Å². The number of H-pyrrole nitrogens is 1. The minimum absolute atomic E-state index is 0.0768. The Morgan fingerprint density at radius 2 is 2.45 bits per heavy atom. The number of hydrogen-bond acceptors (Lipinski definition) is 6. The van der Waals surface area contributed by atoms with Crippen LogP contribution >= 0.6 is 11.8 Å². The van der Waals surface area contributed by atoms with Crippen LogP contribution in [-0.2, 0) is 9.53 Å². The SMILES string of the molecule is CSCCCNC(=O)C(C)N1CCOC(c2n[nH]c(C)n2)C1. The lowest BCUT2D eigenvalue weighted by atomic mass is 10.2. The second kappa shape index (κ2) is 8.50. The van der Waals surface area contributed by atoms with E-state index in [1.54, 1.807) is 11.8 Å². The van der Waals surface area contributed by atoms with Crippen LogP contribution in [0.2, 0.25) is 0 Å². The fourth-order valence-corrected chi connectivity index (χ4v) is 2.86. The van der Waals surface area contributed by atoms with Crippen molar-refractivity contribution in [1.29, 1.82) is 0 Å². The number of aromatic amines is 1. The smallest absolute Gasteiger partial charge is 0.237 e. The van der Waals surface area contributed by atoms with E-state index >= 15 is 0 Å². The van der Waals surface area contributed by atoms with Crippen molar-refractivity contribution < 1.29 is 9.53 Å². The van der Waals surface area contributed by atoms with Gasteiger partial charge in [0.1, 0.15) is 11.9 Å². The van der Waals surface area contributed by atoms with E-state index in [4.69, 9.17) is 4.74 Å². The molecular formula is C14H25N5O2S. The fourth-order valence-electron chi connectivity index (χ4n) is 2.42. The molecule has 2 atom stereocenters. The lowest BCUT2D eigenvalue weighted by Crippen LogP contribution is -2.50. The van der Waals surface area contributed by atoms with Gasteiger partial charge in [0.05, 0.1) is 12.6 Å². The molecule has 0 radical (unpaired) electrons. The fraction of sp³-hybridized carbons (Fsp3) is 0.786. The Kier molecular flexibility index (Phi) is 6.66. The second-order valence-corrected chi connectivity index (χ2v) is 6.43. The molecule has 2 unspecified atom stereocenters. The van der Waals surface area contributed by atoms with E-state index < -0.39 is 0 Å². The molecule has 0 spiro atoms. The predicted octanol–water partition coefficient (Wildman–Crippen LogP) is 0.744. The van der Waals surface area contributed by atoms with E-state index in [1.807, 2.05) is 13.8 Å². The third kappa shape index (κ3) is 4.69. The summed E-state index contributed by atoms with van der Waals surface area (Å²) >= 11 is 1.79. The molecule has 1 aliphatic heterocycles. The maximum Gasteiger partial charge on any atom is 0.237 e. The van der Waals surface area contributed by atoms with Crippen LogP contribution in [0.1, 0.15) is 31.1 Å². The number of hydrogen-bond donors (Lipinski definition) is 2. The van der Waals surface area contributed by atoms with Gasteiger partial charge in [-0.15, -0.1) is 0 Å². The Labute approximate surface area is 135 Å². The average Bonchev–Trinajstić information content (AvgIpc) is 2.97. The number of nitrogens with zero attached hydrogens (tertiary/aromatic N) is 3. The molecule has 1 aromatic heterocycles. The lowest BCUT2D eigenvalue weighted by molar-refractivity contribution is -0.129. The first-order valence-electron chi connectivity index (χ1n) is 7.63. The summed E-state index contributed by atoms with van der Waals surface area (Å²) in [4.78, 5) is 18.7. The summed E-state index contributed by atoms with van der Waals surface area (Å²) in [6, 6.07) is -0.166. The van der Waals surface area contributed by atoms with E-state index in [9.17, 15) is 4.79 Å². The number of carbonyl (C=O) groups excluding carboxylic acids is 1. The summed E-state index contributed by atoms with van der Waals surface area (Å²) in [5, 5.41) is 9.99. The Morgan fingerprint density at radius 1 is 1.64 bits per heavy atom. The number of carbonyl (C=O) groups is 1. The molecule has 124 valence electrons. The van der Waals surface area contributed by atoms with Crippen LogP contribution in [-0.4, -0.2) is 70.3 Å². The molecule has 0 aliphatic carbocycles. The molecule has 2 N–H and O–H groups in total. The molecule has 1 fully saturated rings. The number of rotatable bonds is 7. The molecule has 1 aliphatic rings. The van der Waals surface area contributed by atoms with Crippen molar-refractivity contribution in [3.8, 4) is 0 Å². The van der Waals surface area contributed by atoms with Crippen LogP contribution in [0.3, 0.4) is 0 Å². The van der Waals surface area contributed by atoms with E-state index in [2.05, 4.69) is 31.7 Å². The predicted molar refractivity (Wildman–Crippen MR) is 86.9 cm³/mol. The molecular weight excluding hydrogens is 302 g/mol. The molecule has 2 rings (SSSR count). The molecule has 0 saturated carbocycles. The minimum atomic E-state index is -0.176.